The molecule has 2 saturated heterocycles. The first-order chi connectivity index (χ1) is 19.9. The van der Waals surface area contributed by atoms with Crippen LogP contribution in [0.1, 0.15) is 63.4 Å². The molecular weight excluding hydrogens is 540 g/mol. The Bertz CT molecular complexity index is 1110. The van der Waals surface area contributed by atoms with E-state index in [9.17, 15) is 9.59 Å². The molecule has 1 aromatic heterocycles. The molecule has 1 saturated carbocycles. The molecule has 1 aromatic carbocycles. The quantitative estimate of drug-likeness (QED) is 0.423. The summed E-state index contributed by atoms with van der Waals surface area (Å²) in [4.78, 5) is 34.3. The number of rotatable bonds is 10. The smallest absolute Gasteiger partial charge is 0.319 e. The number of amides is 1. The van der Waals surface area contributed by atoms with Gasteiger partial charge in [0.05, 0.1) is 19.7 Å². The first-order valence-corrected chi connectivity index (χ1v) is 15.7. The molecule has 2 aromatic rings. The van der Waals surface area contributed by atoms with Crippen LogP contribution in [-0.2, 0) is 27.3 Å². The van der Waals surface area contributed by atoms with Crippen LogP contribution >= 0.6 is 11.6 Å². The predicted octanol–water partition coefficient (Wildman–Crippen LogP) is 3.96. The third-order valence-corrected chi connectivity index (χ3v) is 9.99. The Balaban J connectivity index is 1.25. The van der Waals surface area contributed by atoms with Gasteiger partial charge in [-0.2, -0.15) is 5.10 Å². The van der Waals surface area contributed by atoms with Gasteiger partial charge in [0.15, 0.2) is 0 Å². The fraction of sp³-hybridized carbons (Fsp3) is 0.677. The van der Waals surface area contributed by atoms with Crippen molar-refractivity contribution in [2.75, 3.05) is 39.8 Å². The molecule has 0 radical (unpaired) electrons. The summed E-state index contributed by atoms with van der Waals surface area (Å²) in [5.74, 6) is 0.663. The second-order valence-electron chi connectivity index (χ2n) is 12.3. The molecule has 1 atom stereocenters. The Morgan fingerprint density at radius 3 is 2.39 bits per heavy atom. The zero-order valence-corrected chi connectivity index (χ0v) is 25.1. The lowest BCUT2D eigenvalue weighted by Crippen LogP contribution is -2.56. The average Bonchev–Trinajstić information content (AvgIpc) is 3.52. The van der Waals surface area contributed by atoms with E-state index in [-0.39, 0.29) is 29.4 Å². The maximum Gasteiger partial charge on any atom is 0.319 e. The average molecular weight is 585 g/mol. The summed E-state index contributed by atoms with van der Waals surface area (Å²) in [7, 11) is 1.43. The van der Waals surface area contributed by atoms with Crippen molar-refractivity contribution < 1.29 is 14.3 Å². The molecule has 1 amide bonds. The van der Waals surface area contributed by atoms with Crippen molar-refractivity contribution in [2.24, 2.45) is 11.3 Å². The minimum Gasteiger partial charge on any atom is -0.468 e. The monoisotopic (exact) mass is 584 g/mol. The summed E-state index contributed by atoms with van der Waals surface area (Å²) in [5, 5.41) is 8.89. The van der Waals surface area contributed by atoms with E-state index in [4.69, 9.17) is 16.3 Å². The molecule has 9 nitrogen and oxygen atoms in total. The van der Waals surface area contributed by atoms with E-state index in [0.717, 1.165) is 64.0 Å². The Morgan fingerprint density at radius 2 is 1.76 bits per heavy atom. The Hall–Kier alpha value is -2.49. The van der Waals surface area contributed by atoms with Gasteiger partial charge in [-0.25, -0.2) is 4.98 Å². The van der Waals surface area contributed by atoms with Crippen molar-refractivity contribution in [3.05, 3.63) is 47.5 Å². The van der Waals surface area contributed by atoms with Crippen molar-refractivity contribution >= 4 is 23.5 Å². The van der Waals surface area contributed by atoms with E-state index in [0.29, 0.717) is 23.9 Å². The maximum atomic E-state index is 14.1. The molecule has 2 aliphatic heterocycles. The lowest BCUT2D eigenvalue weighted by atomic mass is 9.63. The van der Waals surface area contributed by atoms with Gasteiger partial charge in [-0.3, -0.25) is 19.2 Å². The summed E-state index contributed by atoms with van der Waals surface area (Å²) in [6, 6.07) is 7.76. The highest BCUT2D eigenvalue weighted by atomic mass is 35.5. The molecule has 41 heavy (non-hydrogen) atoms. The van der Waals surface area contributed by atoms with Gasteiger partial charge in [-0.05, 0) is 74.0 Å². The predicted molar refractivity (Wildman–Crippen MR) is 158 cm³/mol. The summed E-state index contributed by atoms with van der Waals surface area (Å²) in [6.45, 7) is 4.38. The number of nitrogens with one attached hydrogen (secondary N) is 1. The Morgan fingerprint density at radius 1 is 1.05 bits per heavy atom. The molecule has 0 unspecified atom stereocenters. The Labute approximate surface area is 249 Å². The number of carbonyl (C=O) groups is 2. The van der Waals surface area contributed by atoms with Crippen LogP contribution in [-0.4, -0.2) is 88.4 Å². The summed E-state index contributed by atoms with van der Waals surface area (Å²) in [6.07, 6.45) is 14.4. The highest BCUT2D eigenvalue weighted by molar-refractivity contribution is 6.30. The van der Waals surface area contributed by atoms with Crippen LogP contribution in [0.2, 0.25) is 5.02 Å². The standard InChI is InChI=1S/C31H45ClN6O3/c1-41-29(39)20-36-15-11-27(12-16-36)35-28(19-24-7-9-26(32)10-8-24)30(40)37-17-13-31(14-18-37,21-38-23-33-22-34-38)25-5-3-2-4-6-25/h7-10,22-23,25,27-28,35H,2-6,11-21H2,1H3/t28-/m1/s1. The highest BCUT2D eigenvalue weighted by Crippen LogP contribution is 2.47. The number of methoxy groups -OCH3 is 1. The SMILES string of the molecule is COC(=O)CN1CCC(N[C@H](Cc2ccc(Cl)cc2)C(=O)N2CCC(Cn3cncn3)(C3CCCCC3)CC2)CC1. The van der Waals surface area contributed by atoms with Crippen molar-refractivity contribution in [3.8, 4) is 0 Å². The van der Waals surface area contributed by atoms with Gasteiger partial charge in [0.1, 0.15) is 12.7 Å². The van der Waals surface area contributed by atoms with Crippen LogP contribution in [0.15, 0.2) is 36.9 Å². The number of piperidine rings is 2. The minimum absolute atomic E-state index is 0.163. The third kappa shape index (κ3) is 7.87. The van der Waals surface area contributed by atoms with Gasteiger partial charge < -0.3 is 15.0 Å². The topological polar surface area (TPSA) is 92.6 Å². The zero-order valence-electron chi connectivity index (χ0n) is 24.3. The van der Waals surface area contributed by atoms with Crippen LogP contribution < -0.4 is 5.32 Å². The molecule has 0 spiro atoms. The number of carbonyl (C=O) groups excluding carboxylic acids is 2. The molecule has 224 valence electrons. The number of esters is 1. The van der Waals surface area contributed by atoms with Crippen LogP contribution in [0.25, 0.3) is 0 Å². The highest BCUT2D eigenvalue weighted by Gasteiger charge is 2.44. The number of likely N-dealkylation sites (tertiary alicyclic amines) is 2. The van der Waals surface area contributed by atoms with E-state index in [1.54, 1.807) is 6.33 Å². The summed E-state index contributed by atoms with van der Waals surface area (Å²) in [5.41, 5.74) is 1.26. The Kier molecular flexibility index (Phi) is 10.3. The van der Waals surface area contributed by atoms with Crippen LogP contribution in [0.5, 0.6) is 0 Å². The van der Waals surface area contributed by atoms with Gasteiger partial charge >= 0.3 is 5.97 Å². The fourth-order valence-corrected chi connectivity index (χ4v) is 7.43. The molecule has 10 heteroatoms. The lowest BCUT2D eigenvalue weighted by Gasteiger charge is -2.48. The second-order valence-corrected chi connectivity index (χ2v) is 12.7. The maximum absolute atomic E-state index is 14.1. The summed E-state index contributed by atoms with van der Waals surface area (Å²) >= 11 is 6.15. The third-order valence-electron chi connectivity index (χ3n) is 9.74. The van der Waals surface area contributed by atoms with Gasteiger partial charge in [0.25, 0.3) is 0 Å². The van der Waals surface area contributed by atoms with E-state index in [2.05, 4.69) is 25.2 Å². The first-order valence-electron chi connectivity index (χ1n) is 15.3. The van der Waals surface area contributed by atoms with E-state index >= 15 is 0 Å². The van der Waals surface area contributed by atoms with Crippen molar-refractivity contribution in [1.82, 2.24) is 29.9 Å². The van der Waals surface area contributed by atoms with Gasteiger partial charge in [-0.15, -0.1) is 0 Å². The number of nitrogens with zero attached hydrogens (tertiary/aromatic N) is 5. The molecule has 3 fully saturated rings. The van der Waals surface area contributed by atoms with Crippen molar-refractivity contribution in [1.29, 1.82) is 0 Å². The zero-order chi connectivity index (χ0) is 28.7. The molecule has 1 N–H and O–H groups in total. The molecule has 3 aliphatic rings. The largest absolute Gasteiger partial charge is 0.468 e. The second kappa shape index (κ2) is 14.1. The van der Waals surface area contributed by atoms with E-state index in [1.807, 2.05) is 35.3 Å². The van der Waals surface area contributed by atoms with Gasteiger partial charge in [-0.1, -0.05) is 43.0 Å². The molecule has 3 heterocycles. The van der Waals surface area contributed by atoms with Crippen LogP contribution in [0.4, 0.5) is 0 Å². The normalized spacial score (nSPS) is 21.5. The number of aromatic nitrogens is 3. The van der Waals surface area contributed by atoms with Gasteiger partial charge in [0, 0.05) is 43.8 Å². The van der Waals surface area contributed by atoms with Crippen LogP contribution in [0.3, 0.4) is 0 Å². The number of ether oxygens (including phenoxy) is 1. The van der Waals surface area contributed by atoms with Crippen LogP contribution in [0, 0.1) is 11.3 Å². The van der Waals surface area contributed by atoms with Crippen molar-refractivity contribution in [2.45, 2.75) is 82.8 Å². The van der Waals surface area contributed by atoms with Gasteiger partial charge in [0.2, 0.25) is 5.91 Å². The molecule has 0 bridgehead atoms. The first kappa shape index (κ1) is 30.0. The molecule has 1 aliphatic carbocycles. The minimum atomic E-state index is -0.300. The lowest BCUT2D eigenvalue weighted by molar-refractivity contribution is -0.142. The van der Waals surface area contributed by atoms with Crippen molar-refractivity contribution in [3.63, 3.8) is 0 Å². The molecule has 5 rings (SSSR count). The number of hydrogen-bond acceptors (Lipinski definition) is 7. The number of hydrogen-bond donors (Lipinski definition) is 1. The fourth-order valence-electron chi connectivity index (χ4n) is 7.30. The molecular formula is C31H45ClN6O3. The van der Waals surface area contributed by atoms with E-state index < -0.39 is 0 Å². The number of benzene rings is 1. The van der Waals surface area contributed by atoms with E-state index in [1.165, 1.54) is 39.2 Å². The number of halogens is 1. The summed E-state index contributed by atoms with van der Waals surface area (Å²) < 4.78 is 6.84.